The molecule has 2 N–H and O–H groups in total. The maximum atomic E-state index is 12.5. The Balaban J connectivity index is 0.00000131. The standard InChI is InChI=1S/C20H23N3OS.2ClH/c24-20(13-16-14-25-12-10-21-16)22-17-6-2-4-8-19(17)23-11-9-15-5-1-3-7-18(15)23;;/h1-8,16,21H,9-14H2,(H,22,24);2*1H. The van der Waals surface area contributed by atoms with Crippen LogP contribution >= 0.6 is 36.6 Å². The number of para-hydroxylation sites is 3. The maximum Gasteiger partial charge on any atom is 0.226 e. The first-order valence-corrected chi connectivity index (χ1v) is 10.0. The number of hydrogen-bond donors (Lipinski definition) is 2. The molecule has 0 radical (unpaired) electrons. The molecule has 2 aliphatic heterocycles. The van der Waals surface area contributed by atoms with Crippen molar-refractivity contribution < 1.29 is 4.79 Å². The van der Waals surface area contributed by atoms with Gasteiger partial charge in [0.05, 0.1) is 11.4 Å². The summed E-state index contributed by atoms with van der Waals surface area (Å²) in [7, 11) is 0. The third kappa shape index (κ3) is 5.11. The minimum atomic E-state index is 0. The van der Waals surface area contributed by atoms with Crippen molar-refractivity contribution in [2.45, 2.75) is 18.9 Å². The van der Waals surface area contributed by atoms with Crippen LogP contribution in [0.15, 0.2) is 48.5 Å². The Morgan fingerprint density at radius 2 is 1.85 bits per heavy atom. The molecule has 0 bridgehead atoms. The number of hydrogen-bond acceptors (Lipinski definition) is 4. The largest absolute Gasteiger partial charge is 0.339 e. The van der Waals surface area contributed by atoms with Crippen LogP contribution in [0.4, 0.5) is 17.1 Å². The van der Waals surface area contributed by atoms with E-state index in [1.165, 1.54) is 11.3 Å². The Morgan fingerprint density at radius 1 is 1.11 bits per heavy atom. The number of carbonyl (C=O) groups is 1. The van der Waals surface area contributed by atoms with Gasteiger partial charge in [0, 0.05) is 42.7 Å². The highest BCUT2D eigenvalue weighted by atomic mass is 35.5. The summed E-state index contributed by atoms with van der Waals surface area (Å²) >= 11 is 1.92. The lowest BCUT2D eigenvalue weighted by Gasteiger charge is -2.25. The lowest BCUT2D eigenvalue weighted by molar-refractivity contribution is -0.116. The van der Waals surface area contributed by atoms with Gasteiger partial charge in [0.25, 0.3) is 0 Å². The van der Waals surface area contributed by atoms with Crippen LogP contribution in [0.2, 0.25) is 0 Å². The number of carbonyl (C=O) groups excluding carboxylic acids is 1. The molecule has 27 heavy (non-hydrogen) atoms. The monoisotopic (exact) mass is 425 g/mol. The Morgan fingerprint density at radius 3 is 2.63 bits per heavy atom. The van der Waals surface area contributed by atoms with Gasteiger partial charge in [0.2, 0.25) is 5.91 Å². The number of fused-ring (bicyclic) bond motifs is 1. The molecule has 2 heterocycles. The third-order valence-electron chi connectivity index (χ3n) is 4.79. The average Bonchev–Trinajstić information content (AvgIpc) is 3.07. The summed E-state index contributed by atoms with van der Waals surface area (Å²) in [4.78, 5) is 14.8. The summed E-state index contributed by atoms with van der Waals surface area (Å²) < 4.78 is 0. The Hall–Kier alpha value is -1.40. The van der Waals surface area contributed by atoms with E-state index in [1.807, 2.05) is 30.0 Å². The van der Waals surface area contributed by atoms with Crippen molar-refractivity contribution in [2.24, 2.45) is 0 Å². The number of nitrogens with one attached hydrogen (secondary N) is 2. The second kappa shape index (κ2) is 10.2. The predicted molar refractivity (Wildman–Crippen MR) is 120 cm³/mol. The van der Waals surface area contributed by atoms with E-state index < -0.39 is 0 Å². The molecule has 0 aliphatic carbocycles. The molecule has 4 nitrogen and oxygen atoms in total. The quantitative estimate of drug-likeness (QED) is 0.767. The fourth-order valence-electron chi connectivity index (χ4n) is 3.58. The fourth-order valence-corrected chi connectivity index (χ4v) is 4.53. The zero-order valence-electron chi connectivity index (χ0n) is 15.0. The summed E-state index contributed by atoms with van der Waals surface area (Å²) in [6.07, 6.45) is 1.57. The number of thioether (sulfide) groups is 1. The Kier molecular flexibility index (Phi) is 8.29. The van der Waals surface area contributed by atoms with Crippen LogP contribution in [0.5, 0.6) is 0 Å². The van der Waals surface area contributed by atoms with Crippen molar-refractivity contribution >= 4 is 59.5 Å². The minimum absolute atomic E-state index is 0. The first-order valence-electron chi connectivity index (χ1n) is 8.87. The van der Waals surface area contributed by atoms with Gasteiger partial charge in [-0.2, -0.15) is 11.8 Å². The summed E-state index contributed by atoms with van der Waals surface area (Å²) in [5.74, 6) is 2.23. The maximum absolute atomic E-state index is 12.5. The second-order valence-electron chi connectivity index (χ2n) is 6.53. The summed E-state index contributed by atoms with van der Waals surface area (Å²) in [5.41, 5.74) is 4.58. The second-order valence-corrected chi connectivity index (χ2v) is 7.68. The lowest BCUT2D eigenvalue weighted by atomic mass is 10.1. The molecule has 2 aliphatic rings. The van der Waals surface area contributed by atoms with Gasteiger partial charge >= 0.3 is 0 Å². The van der Waals surface area contributed by atoms with Gasteiger partial charge in [-0.05, 0) is 30.2 Å². The highest BCUT2D eigenvalue weighted by Gasteiger charge is 2.23. The summed E-state index contributed by atoms with van der Waals surface area (Å²) in [5, 5.41) is 6.56. The molecule has 1 unspecified atom stereocenters. The predicted octanol–water partition coefficient (Wildman–Crippen LogP) is 4.26. The molecule has 1 saturated heterocycles. The molecule has 1 amide bonds. The van der Waals surface area contributed by atoms with Crippen LogP contribution < -0.4 is 15.5 Å². The van der Waals surface area contributed by atoms with E-state index in [0.29, 0.717) is 6.42 Å². The highest BCUT2D eigenvalue weighted by molar-refractivity contribution is 7.99. The molecule has 4 rings (SSSR count). The molecule has 7 heteroatoms. The fraction of sp³-hybridized carbons (Fsp3) is 0.350. The average molecular weight is 426 g/mol. The van der Waals surface area contributed by atoms with Gasteiger partial charge in [-0.15, -0.1) is 24.8 Å². The number of anilines is 3. The SMILES string of the molecule is Cl.Cl.O=C(CC1CSCCN1)Nc1ccccc1N1CCc2ccccc21. The molecular weight excluding hydrogens is 401 g/mol. The zero-order chi connectivity index (χ0) is 17.1. The van der Waals surface area contributed by atoms with E-state index in [4.69, 9.17) is 0 Å². The first-order chi connectivity index (χ1) is 12.3. The van der Waals surface area contributed by atoms with Gasteiger partial charge in [0.15, 0.2) is 0 Å². The van der Waals surface area contributed by atoms with Crippen molar-refractivity contribution in [3.63, 3.8) is 0 Å². The minimum Gasteiger partial charge on any atom is -0.339 e. The van der Waals surface area contributed by atoms with E-state index in [1.54, 1.807) is 0 Å². The van der Waals surface area contributed by atoms with Gasteiger partial charge in [-0.25, -0.2) is 0 Å². The van der Waals surface area contributed by atoms with Crippen molar-refractivity contribution in [3.8, 4) is 0 Å². The normalized spacial score (nSPS) is 18.1. The lowest BCUT2D eigenvalue weighted by Crippen LogP contribution is -2.40. The van der Waals surface area contributed by atoms with Gasteiger partial charge in [-0.3, -0.25) is 4.79 Å². The van der Waals surface area contributed by atoms with Crippen LogP contribution in [-0.2, 0) is 11.2 Å². The van der Waals surface area contributed by atoms with Crippen molar-refractivity contribution in [1.29, 1.82) is 0 Å². The highest BCUT2D eigenvalue weighted by Crippen LogP contribution is 2.38. The van der Waals surface area contributed by atoms with E-state index in [2.05, 4.69) is 45.9 Å². The zero-order valence-corrected chi connectivity index (χ0v) is 17.5. The van der Waals surface area contributed by atoms with Crippen LogP contribution in [0.1, 0.15) is 12.0 Å². The number of halogens is 2. The van der Waals surface area contributed by atoms with Crippen molar-refractivity contribution in [1.82, 2.24) is 5.32 Å². The van der Waals surface area contributed by atoms with Crippen LogP contribution in [-0.4, -0.2) is 36.5 Å². The molecule has 2 aromatic rings. The van der Waals surface area contributed by atoms with Gasteiger partial charge in [-0.1, -0.05) is 30.3 Å². The molecule has 0 aromatic heterocycles. The topological polar surface area (TPSA) is 44.4 Å². The van der Waals surface area contributed by atoms with Crippen molar-refractivity contribution in [3.05, 3.63) is 54.1 Å². The molecule has 0 spiro atoms. The first kappa shape index (κ1) is 21.9. The molecule has 1 fully saturated rings. The molecule has 146 valence electrons. The number of amides is 1. The van der Waals surface area contributed by atoms with E-state index in [0.717, 1.165) is 42.4 Å². The number of benzene rings is 2. The van der Waals surface area contributed by atoms with Crippen LogP contribution in [0.25, 0.3) is 0 Å². The van der Waals surface area contributed by atoms with Gasteiger partial charge in [0.1, 0.15) is 0 Å². The number of rotatable bonds is 4. The number of nitrogens with zero attached hydrogens (tertiary/aromatic N) is 1. The van der Waals surface area contributed by atoms with Gasteiger partial charge < -0.3 is 15.5 Å². The smallest absolute Gasteiger partial charge is 0.226 e. The molecule has 2 aromatic carbocycles. The molecule has 0 saturated carbocycles. The van der Waals surface area contributed by atoms with Crippen LogP contribution in [0.3, 0.4) is 0 Å². The van der Waals surface area contributed by atoms with Crippen LogP contribution in [0, 0.1) is 0 Å². The van der Waals surface area contributed by atoms with Crippen molar-refractivity contribution in [2.75, 3.05) is 34.8 Å². The Bertz CT molecular complexity index is 768. The molecule has 1 atom stereocenters. The third-order valence-corrected chi connectivity index (χ3v) is 5.92. The van der Waals surface area contributed by atoms with E-state index >= 15 is 0 Å². The summed E-state index contributed by atoms with van der Waals surface area (Å²) in [6.45, 7) is 1.94. The van der Waals surface area contributed by atoms with E-state index in [9.17, 15) is 4.79 Å². The van der Waals surface area contributed by atoms with E-state index in [-0.39, 0.29) is 36.8 Å². The Labute approximate surface area is 177 Å². The molecular formula is C20H25Cl2N3OS. The summed E-state index contributed by atoms with van der Waals surface area (Å²) in [6, 6.07) is 16.9.